The first-order chi connectivity index (χ1) is 8.50. The van der Waals surface area contributed by atoms with E-state index in [4.69, 9.17) is 11.6 Å². The molecule has 0 bridgehead atoms. The fourth-order valence-electron chi connectivity index (χ4n) is 2.60. The van der Waals surface area contributed by atoms with Crippen molar-refractivity contribution in [2.75, 3.05) is 0 Å². The Kier molecular flexibility index (Phi) is 4.33. The van der Waals surface area contributed by atoms with Crippen LogP contribution in [0.3, 0.4) is 0 Å². The molecule has 1 fully saturated rings. The number of nitrogens with zero attached hydrogens (tertiary/aromatic N) is 1. The van der Waals surface area contributed by atoms with Gasteiger partial charge in [-0.15, -0.1) is 0 Å². The van der Waals surface area contributed by atoms with E-state index >= 15 is 0 Å². The minimum Gasteiger partial charge on any atom is -0.333 e. The number of halogens is 2. The van der Waals surface area contributed by atoms with Crippen LogP contribution in [0.4, 0.5) is 0 Å². The second-order valence-electron chi connectivity index (χ2n) is 4.97. The van der Waals surface area contributed by atoms with Crippen molar-refractivity contribution in [3.8, 4) is 0 Å². The number of carbonyl (C=O) groups excluding carboxylic acids is 1. The molecular weight excluding hydrogens is 314 g/mol. The zero-order valence-corrected chi connectivity index (χ0v) is 13.0. The zero-order valence-electron chi connectivity index (χ0n) is 10.6. The summed E-state index contributed by atoms with van der Waals surface area (Å²) in [5.74, 6) is 0.104. The predicted octanol–water partition coefficient (Wildman–Crippen LogP) is 4.51. The fraction of sp³-hybridized carbons (Fsp3) is 0.500. The van der Waals surface area contributed by atoms with Gasteiger partial charge in [0.1, 0.15) is 0 Å². The molecule has 0 radical (unpaired) electrons. The summed E-state index contributed by atoms with van der Waals surface area (Å²) in [5.41, 5.74) is 0.701. The van der Waals surface area contributed by atoms with Gasteiger partial charge in [-0.1, -0.05) is 11.6 Å². The summed E-state index contributed by atoms with van der Waals surface area (Å²) in [5, 5.41) is 0.631. The highest BCUT2D eigenvalue weighted by molar-refractivity contribution is 9.10. The number of amides is 1. The summed E-state index contributed by atoms with van der Waals surface area (Å²) in [7, 11) is 0. The molecule has 4 heteroatoms. The van der Waals surface area contributed by atoms with E-state index < -0.39 is 0 Å². The zero-order chi connectivity index (χ0) is 13.3. The average Bonchev–Trinajstić information content (AvgIpc) is 2.32. The first-order valence-electron chi connectivity index (χ1n) is 6.28. The van der Waals surface area contributed by atoms with E-state index in [-0.39, 0.29) is 5.91 Å². The molecule has 0 aromatic heterocycles. The summed E-state index contributed by atoms with van der Waals surface area (Å²) in [6, 6.07) is 5.99. The van der Waals surface area contributed by atoms with E-state index in [1.807, 2.05) is 4.90 Å². The Morgan fingerprint density at radius 3 is 2.50 bits per heavy atom. The summed E-state index contributed by atoms with van der Waals surface area (Å²) in [6.07, 6.45) is 3.38. The molecule has 1 amide bonds. The molecule has 2 unspecified atom stereocenters. The molecule has 0 N–H and O–H groups in total. The maximum absolute atomic E-state index is 12.5. The predicted molar refractivity (Wildman–Crippen MR) is 78.1 cm³/mol. The van der Waals surface area contributed by atoms with Crippen LogP contribution in [0.2, 0.25) is 5.02 Å². The van der Waals surface area contributed by atoms with Crippen LogP contribution in [-0.4, -0.2) is 22.9 Å². The lowest BCUT2D eigenvalue weighted by Crippen LogP contribution is -2.47. The minimum atomic E-state index is 0.104. The van der Waals surface area contributed by atoms with Crippen LogP contribution in [-0.2, 0) is 0 Å². The largest absolute Gasteiger partial charge is 0.333 e. The quantitative estimate of drug-likeness (QED) is 0.742. The van der Waals surface area contributed by atoms with E-state index in [9.17, 15) is 4.79 Å². The Balaban J connectivity index is 2.26. The van der Waals surface area contributed by atoms with Crippen LogP contribution in [0, 0.1) is 0 Å². The highest BCUT2D eigenvalue weighted by Crippen LogP contribution is 2.27. The normalized spacial score (nSPS) is 24.1. The second kappa shape index (κ2) is 5.62. The minimum absolute atomic E-state index is 0.104. The van der Waals surface area contributed by atoms with Gasteiger partial charge in [0.25, 0.3) is 5.91 Å². The molecule has 1 saturated heterocycles. The number of rotatable bonds is 1. The maximum Gasteiger partial charge on any atom is 0.254 e. The first-order valence-corrected chi connectivity index (χ1v) is 7.45. The van der Waals surface area contributed by atoms with Crippen molar-refractivity contribution in [1.29, 1.82) is 0 Å². The summed E-state index contributed by atoms with van der Waals surface area (Å²) < 4.78 is 0.771. The number of piperidine rings is 1. The third-order valence-corrected chi connectivity index (χ3v) is 4.81. The van der Waals surface area contributed by atoms with Crippen molar-refractivity contribution in [3.05, 3.63) is 33.3 Å². The fourth-order valence-corrected chi connectivity index (χ4v) is 3.10. The monoisotopic (exact) mass is 329 g/mol. The van der Waals surface area contributed by atoms with Crippen LogP contribution in [0.1, 0.15) is 43.5 Å². The lowest BCUT2D eigenvalue weighted by atomic mass is 9.96. The van der Waals surface area contributed by atoms with Gasteiger partial charge in [0.15, 0.2) is 0 Å². The van der Waals surface area contributed by atoms with E-state index in [1.165, 1.54) is 6.42 Å². The number of benzene rings is 1. The van der Waals surface area contributed by atoms with Gasteiger partial charge in [0.2, 0.25) is 0 Å². The first kappa shape index (κ1) is 13.9. The van der Waals surface area contributed by atoms with E-state index in [0.717, 1.165) is 17.3 Å². The molecular formula is C14H17BrClNO. The van der Waals surface area contributed by atoms with Gasteiger partial charge >= 0.3 is 0 Å². The van der Waals surface area contributed by atoms with Gasteiger partial charge in [-0.05, 0) is 67.2 Å². The van der Waals surface area contributed by atoms with Crippen LogP contribution in [0.15, 0.2) is 22.7 Å². The lowest BCUT2D eigenvalue weighted by molar-refractivity contribution is 0.0510. The van der Waals surface area contributed by atoms with Crippen molar-refractivity contribution >= 4 is 33.4 Å². The van der Waals surface area contributed by atoms with E-state index in [0.29, 0.717) is 22.7 Å². The smallest absolute Gasteiger partial charge is 0.254 e. The van der Waals surface area contributed by atoms with Gasteiger partial charge in [0.05, 0.1) is 5.02 Å². The molecule has 2 nitrogen and oxygen atoms in total. The van der Waals surface area contributed by atoms with Crippen molar-refractivity contribution in [2.45, 2.75) is 45.2 Å². The molecule has 0 spiro atoms. The third kappa shape index (κ3) is 2.72. The van der Waals surface area contributed by atoms with Crippen molar-refractivity contribution in [2.24, 2.45) is 0 Å². The number of hydrogen-bond donors (Lipinski definition) is 0. The standard InChI is InChI=1S/C14H17BrClNO/c1-9-4-3-5-10(2)17(9)14(18)11-6-7-13(16)12(15)8-11/h6-10H,3-5H2,1-2H3. The molecule has 1 aromatic rings. The third-order valence-electron chi connectivity index (χ3n) is 3.59. The van der Waals surface area contributed by atoms with Crippen LogP contribution < -0.4 is 0 Å². The average molecular weight is 331 g/mol. The van der Waals surface area contributed by atoms with Crippen LogP contribution in [0.5, 0.6) is 0 Å². The SMILES string of the molecule is CC1CCCC(C)N1C(=O)c1ccc(Cl)c(Br)c1. The van der Waals surface area contributed by atoms with Gasteiger partial charge < -0.3 is 4.90 Å². The summed E-state index contributed by atoms with van der Waals surface area (Å²) >= 11 is 9.32. The molecule has 1 aliphatic rings. The van der Waals surface area contributed by atoms with Gasteiger partial charge in [-0.3, -0.25) is 4.79 Å². The van der Waals surface area contributed by atoms with E-state index in [2.05, 4.69) is 29.8 Å². The Morgan fingerprint density at radius 1 is 1.33 bits per heavy atom. The molecule has 0 saturated carbocycles. The van der Waals surface area contributed by atoms with Crippen LogP contribution in [0.25, 0.3) is 0 Å². The Hall–Kier alpha value is -0.540. The van der Waals surface area contributed by atoms with Gasteiger partial charge in [-0.2, -0.15) is 0 Å². The Labute approximate surface area is 121 Å². The molecule has 18 heavy (non-hydrogen) atoms. The molecule has 0 aliphatic carbocycles. The summed E-state index contributed by atoms with van der Waals surface area (Å²) in [6.45, 7) is 4.25. The van der Waals surface area contributed by atoms with Gasteiger partial charge in [0, 0.05) is 22.1 Å². The molecule has 2 rings (SSSR count). The maximum atomic E-state index is 12.5. The van der Waals surface area contributed by atoms with Gasteiger partial charge in [-0.25, -0.2) is 0 Å². The Bertz CT molecular complexity index is 453. The van der Waals surface area contributed by atoms with E-state index in [1.54, 1.807) is 18.2 Å². The highest BCUT2D eigenvalue weighted by Gasteiger charge is 2.29. The Morgan fingerprint density at radius 2 is 1.94 bits per heavy atom. The molecule has 1 heterocycles. The van der Waals surface area contributed by atoms with Crippen LogP contribution >= 0.6 is 27.5 Å². The second-order valence-corrected chi connectivity index (χ2v) is 6.23. The number of hydrogen-bond acceptors (Lipinski definition) is 1. The molecule has 2 atom stereocenters. The molecule has 98 valence electrons. The number of carbonyl (C=O) groups is 1. The summed E-state index contributed by atoms with van der Waals surface area (Å²) in [4.78, 5) is 14.5. The molecule has 1 aromatic carbocycles. The lowest BCUT2D eigenvalue weighted by Gasteiger charge is -2.39. The molecule has 1 aliphatic heterocycles. The van der Waals surface area contributed by atoms with Crippen molar-refractivity contribution in [3.63, 3.8) is 0 Å². The van der Waals surface area contributed by atoms with Crippen molar-refractivity contribution in [1.82, 2.24) is 4.90 Å². The number of likely N-dealkylation sites (tertiary alicyclic amines) is 1. The van der Waals surface area contributed by atoms with Crippen molar-refractivity contribution < 1.29 is 4.79 Å². The topological polar surface area (TPSA) is 20.3 Å². The highest BCUT2D eigenvalue weighted by atomic mass is 79.9.